The molecule has 0 saturated heterocycles. The minimum Gasteiger partial charge on any atom is -0.497 e. The molecule has 0 unspecified atom stereocenters. The van der Waals surface area contributed by atoms with Crippen LogP contribution in [0, 0.1) is 10.1 Å². The molecule has 0 aromatic heterocycles. The van der Waals surface area contributed by atoms with E-state index in [9.17, 15) is 20.0 Å². The number of aliphatic hydroxyl groups is 1. The first-order valence-electron chi connectivity index (χ1n) is 5.84. The fourth-order valence-electron chi connectivity index (χ4n) is 1.48. The number of methoxy groups -OCH3 is 1. The van der Waals surface area contributed by atoms with Crippen LogP contribution in [0.15, 0.2) is 30.0 Å². The molecule has 7 nitrogen and oxygen atoms in total. The Morgan fingerprint density at radius 1 is 1.55 bits per heavy atom. The maximum absolute atomic E-state index is 11.4. The zero-order chi connectivity index (χ0) is 15.1. The number of benzene rings is 1. The van der Waals surface area contributed by atoms with Crippen LogP contribution in [0.3, 0.4) is 0 Å². The molecule has 0 amide bonds. The van der Waals surface area contributed by atoms with Crippen molar-refractivity contribution < 1.29 is 24.3 Å². The molecule has 0 aliphatic carbocycles. The van der Waals surface area contributed by atoms with Crippen LogP contribution in [0.5, 0.6) is 5.75 Å². The lowest BCUT2D eigenvalue weighted by Gasteiger charge is -2.07. The van der Waals surface area contributed by atoms with Gasteiger partial charge in [0.1, 0.15) is 5.75 Å². The minimum atomic E-state index is -1.93. The van der Waals surface area contributed by atoms with Gasteiger partial charge < -0.3 is 14.6 Å². The second kappa shape index (κ2) is 7.25. The third-order valence-electron chi connectivity index (χ3n) is 2.41. The molecule has 108 valence electrons. The molecule has 0 spiro atoms. The summed E-state index contributed by atoms with van der Waals surface area (Å²) in [7, 11) is 1.46. The van der Waals surface area contributed by atoms with Crippen molar-refractivity contribution in [3.05, 3.63) is 45.6 Å². The Kier molecular flexibility index (Phi) is 5.67. The first kappa shape index (κ1) is 15.6. The molecule has 1 aromatic rings. The van der Waals surface area contributed by atoms with Gasteiger partial charge in [-0.05, 0) is 24.6 Å². The van der Waals surface area contributed by atoms with E-state index in [-0.39, 0.29) is 6.61 Å². The number of nitro groups is 1. The van der Waals surface area contributed by atoms with Crippen LogP contribution in [0.1, 0.15) is 12.5 Å². The number of rotatable bonds is 6. The molecule has 0 heterocycles. The third-order valence-corrected chi connectivity index (χ3v) is 2.41. The number of carbonyl (C=O) groups excluding carboxylic acids is 1. The number of hydrogen-bond acceptors (Lipinski definition) is 6. The first-order valence-corrected chi connectivity index (χ1v) is 5.84. The van der Waals surface area contributed by atoms with Gasteiger partial charge in [0, 0.05) is 6.08 Å². The molecule has 0 saturated carbocycles. The van der Waals surface area contributed by atoms with Crippen molar-refractivity contribution in [1.82, 2.24) is 0 Å². The number of nitrogens with zero attached hydrogens (tertiary/aromatic N) is 1. The Labute approximate surface area is 115 Å². The molecular formula is C13H15NO6. The van der Waals surface area contributed by atoms with Gasteiger partial charge in [-0.1, -0.05) is 12.1 Å². The molecule has 0 aliphatic rings. The molecule has 1 atom stereocenters. The Morgan fingerprint density at radius 3 is 2.80 bits per heavy atom. The molecule has 0 fully saturated rings. The molecule has 0 bridgehead atoms. The second-order valence-electron chi connectivity index (χ2n) is 3.76. The SMILES string of the molecule is CCOC(=O)[C@@H](O)/C(=C\c1cccc(OC)c1)[N+](=O)[O-]. The van der Waals surface area contributed by atoms with Gasteiger partial charge in [0.2, 0.25) is 6.10 Å². The van der Waals surface area contributed by atoms with E-state index in [0.717, 1.165) is 6.08 Å². The molecule has 7 heteroatoms. The van der Waals surface area contributed by atoms with Gasteiger partial charge >= 0.3 is 5.97 Å². The summed E-state index contributed by atoms with van der Waals surface area (Å²) in [5, 5.41) is 20.6. The highest BCUT2D eigenvalue weighted by atomic mass is 16.6. The summed E-state index contributed by atoms with van der Waals surface area (Å²) in [4.78, 5) is 21.5. The van der Waals surface area contributed by atoms with Crippen LogP contribution in [0.2, 0.25) is 0 Å². The van der Waals surface area contributed by atoms with Crippen LogP contribution < -0.4 is 4.74 Å². The maximum atomic E-state index is 11.4. The van der Waals surface area contributed by atoms with E-state index in [2.05, 4.69) is 4.74 Å². The van der Waals surface area contributed by atoms with Gasteiger partial charge in [0.05, 0.1) is 18.6 Å². The van der Waals surface area contributed by atoms with Gasteiger partial charge in [0.15, 0.2) is 0 Å². The van der Waals surface area contributed by atoms with Gasteiger partial charge in [-0.3, -0.25) is 10.1 Å². The summed E-state index contributed by atoms with van der Waals surface area (Å²) >= 11 is 0. The highest BCUT2D eigenvalue weighted by molar-refractivity contribution is 5.79. The van der Waals surface area contributed by atoms with Crippen LogP contribution >= 0.6 is 0 Å². The minimum absolute atomic E-state index is 0.0278. The fraction of sp³-hybridized carbons (Fsp3) is 0.308. The van der Waals surface area contributed by atoms with Crippen molar-refractivity contribution in [2.75, 3.05) is 13.7 Å². The van der Waals surface area contributed by atoms with E-state index in [1.165, 1.54) is 7.11 Å². The van der Waals surface area contributed by atoms with Gasteiger partial charge in [0.25, 0.3) is 5.70 Å². The Balaban J connectivity index is 3.09. The number of ether oxygens (including phenoxy) is 2. The Hall–Kier alpha value is -2.41. The average Bonchev–Trinajstić information content (AvgIpc) is 2.44. The van der Waals surface area contributed by atoms with E-state index in [1.807, 2.05) is 0 Å². The topological polar surface area (TPSA) is 98.9 Å². The van der Waals surface area contributed by atoms with Crippen molar-refractivity contribution in [3.63, 3.8) is 0 Å². The van der Waals surface area contributed by atoms with E-state index < -0.39 is 22.7 Å². The third kappa shape index (κ3) is 4.06. The maximum Gasteiger partial charge on any atom is 0.346 e. The van der Waals surface area contributed by atoms with Crippen molar-refractivity contribution in [1.29, 1.82) is 0 Å². The van der Waals surface area contributed by atoms with E-state index in [1.54, 1.807) is 31.2 Å². The number of hydrogen-bond donors (Lipinski definition) is 1. The summed E-state index contributed by atoms with van der Waals surface area (Å²) in [6, 6.07) is 6.44. The number of esters is 1. The monoisotopic (exact) mass is 281 g/mol. The number of aliphatic hydroxyl groups excluding tert-OH is 1. The summed E-state index contributed by atoms with van der Waals surface area (Å²) < 4.78 is 9.55. The quantitative estimate of drug-likeness (QED) is 0.478. The van der Waals surface area contributed by atoms with Crippen LogP contribution in [0.4, 0.5) is 0 Å². The lowest BCUT2D eigenvalue weighted by Crippen LogP contribution is -2.28. The molecule has 1 N–H and O–H groups in total. The summed E-state index contributed by atoms with van der Waals surface area (Å²) in [5.74, 6) is -0.551. The van der Waals surface area contributed by atoms with Crippen LogP contribution in [0.25, 0.3) is 6.08 Å². The Bertz CT molecular complexity index is 525. The average molecular weight is 281 g/mol. The first-order chi connectivity index (χ1) is 9.49. The van der Waals surface area contributed by atoms with Crippen LogP contribution in [-0.4, -0.2) is 35.8 Å². The van der Waals surface area contributed by atoms with Crippen molar-refractivity contribution in [2.45, 2.75) is 13.0 Å². The lowest BCUT2D eigenvalue weighted by molar-refractivity contribution is -0.432. The fourth-order valence-corrected chi connectivity index (χ4v) is 1.48. The molecule has 0 radical (unpaired) electrons. The largest absolute Gasteiger partial charge is 0.497 e. The molecular weight excluding hydrogens is 266 g/mol. The van der Waals surface area contributed by atoms with Crippen molar-refractivity contribution in [3.8, 4) is 5.75 Å². The standard InChI is InChI=1S/C13H15NO6/c1-3-20-13(16)12(15)11(14(17)18)8-9-5-4-6-10(7-9)19-2/h4-8,12,15H,3H2,1-2H3/b11-8+/t12-/m0/s1. The molecule has 1 rings (SSSR count). The molecule has 20 heavy (non-hydrogen) atoms. The van der Waals surface area contributed by atoms with Gasteiger partial charge in [-0.25, -0.2) is 4.79 Å². The normalized spacial score (nSPS) is 12.7. The number of carbonyl (C=O) groups is 1. The van der Waals surface area contributed by atoms with Crippen molar-refractivity contribution >= 4 is 12.0 Å². The second-order valence-corrected chi connectivity index (χ2v) is 3.76. The highest BCUT2D eigenvalue weighted by Gasteiger charge is 2.30. The summed E-state index contributed by atoms with van der Waals surface area (Å²) in [5.41, 5.74) is -0.226. The zero-order valence-electron chi connectivity index (χ0n) is 11.1. The van der Waals surface area contributed by atoms with E-state index >= 15 is 0 Å². The molecule has 0 aliphatic heterocycles. The Morgan fingerprint density at radius 2 is 2.25 bits per heavy atom. The van der Waals surface area contributed by atoms with Gasteiger partial charge in [-0.2, -0.15) is 0 Å². The summed E-state index contributed by atoms with van der Waals surface area (Å²) in [6.45, 7) is 1.57. The predicted octanol–water partition coefficient (Wildman–Crippen LogP) is 1.24. The van der Waals surface area contributed by atoms with Gasteiger partial charge in [-0.15, -0.1) is 0 Å². The zero-order valence-corrected chi connectivity index (χ0v) is 11.1. The summed E-state index contributed by atoms with van der Waals surface area (Å²) in [6.07, 6.45) is -0.833. The van der Waals surface area contributed by atoms with Crippen LogP contribution in [-0.2, 0) is 9.53 Å². The van der Waals surface area contributed by atoms with E-state index in [4.69, 9.17) is 4.74 Å². The smallest absolute Gasteiger partial charge is 0.346 e. The van der Waals surface area contributed by atoms with E-state index in [0.29, 0.717) is 11.3 Å². The molecule has 1 aromatic carbocycles. The highest BCUT2D eigenvalue weighted by Crippen LogP contribution is 2.17. The lowest BCUT2D eigenvalue weighted by atomic mass is 10.1. The predicted molar refractivity (Wildman–Crippen MR) is 70.6 cm³/mol. The van der Waals surface area contributed by atoms with Crippen molar-refractivity contribution in [2.24, 2.45) is 0 Å².